The fourth-order valence-corrected chi connectivity index (χ4v) is 4.09. The van der Waals surface area contributed by atoms with Crippen molar-refractivity contribution in [2.75, 3.05) is 18.5 Å². The molecule has 1 amide bonds. The normalized spacial score (nSPS) is 16.8. The lowest BCUT2D eigenvalue weighted by Crippen LogP contribution is -2.49. The topological polar surface area (TPSA) is 81.7 Å². The average Bonchev–Trinajstić information content (AvgIpc) is 2.74. The van der Waals surface area contributed by atoms with Crippen LogP contribution in [0, 0.1) is 5.41 Å². The highest BCUT2D eigenvalue weighted by Gasteiger charge is 2.55. The number of hydrogen-bond acceptors (Lipinski definition) is 5. The summed E-state index contributed by atoms with van der Waals surface area (Å²) in [5.41, 5.74) is 0.261. The Labute approximate surface area is 180 Å². The Morgan fingerprint density at radius 2 is 1.63 bits per heavy atom. The van der Waals surface area contributed by atoms with E-state index in [-0.39, 0.29) is 32.0 Å². The molecule has 0 saturated heterocycles. The first-order valence-electron chi connectivity index (χ1n) is 9.90. The Hall–Kier alpha value is -2.86. The summed E-state index contributed by atoms with van der Waals surface area (Å²) in [5, 5.41) is 3.26. The van der Waals surface area contributed by atoms with E-state index in [1.807, 2.05) is 18.2 Å². The number of nitrogens with one attached hydrogen (secondary N) is 1. The van der Waals surface area contributed by atoms with E-state index < -0.39 is 23.3 Å². The van der Waals surface area contributed by atoms with Crippen LogP contribution in [0.3, 0.4) is 0 Å². The number of anilines is 1. The van der Waals surface area contributed by atoms with Gasteiger partial charge in [0.1, 0.15) is 0 Å². The number of fused-ring (bicyclic) bond motifs is 1. The van der Waals surface area contributed by atoms with Crippen LogP contribution >= 0.6 is 11.6 Å². The van der Waals surface area contributed by atoms with Gasteiger partial charge in [-0.1, -0.05) is 41.9 Å². The molecule has 1 aliphatic rings. The molecule has 1 N–H and O–H groups in total. The van der Waals surface area contributed by atoms with Crippen molar-refractivity contribution >= 4 is 35.1 Å². The van der Waals surface area contributed by atoms with Crippen LogP contribution in [0.4, 0.5) is 5.69 Å². The van der Waals surface area contributed by atoms with Crippen LogP contribution in [0.2, 0.25) is 5.02 Å². The third kappa shape index (κ3) is 4.19. The molecule has 0 aliphatic heterocycles. The van der Waals surface area contributed by atoms with Crippen molar-refractivity contribution in [3.05, 3.63) is 64.7 Å². The molecule has 3 rings (SSSR count). The van der Waals surface area contributed by atoms with E-state index in [0.29, 0.717) is 21.8 Å². The van der Waals surface area contributed by atoms with Crippen molar-refractivity contribution in [3.63, 3.8) is 0 Å². The lowest BCUT2D eigenvalue weighted by molar-refractivity contribution is -0.173. The summed E-state index contributed by atoms with van der Waals surface area (Å²) < 4.78 is 10.5. The van der Waals surface area contributed by atoms with Gasteiger partial charge < -0.3 is 14.8 Å². The Morgan fingerprint density at radius 3 is 2.23 bits per heavy atom. The number of benzene rings is 2. The quantitative estimate of drug-likeness (QED) is 0.551. The highest BCUT2D eigenvalue weighted by molar-refractivity contribution is 6.31. The number of rotatable bonds is 6. The van der Waals surface area contributed by atoms with Crippen molar-refractivity contribution in [3.8, 4) is 0 Å². The molecule has 0 fully saturated rings. The van der Waals surface area contributed by atoms with Crippen molar-refractivity contribution in [2.45, 2.75) is 32.6 Å². The number of ether oxygens (including phenoxy) is 2. The molecule has 2 aromatic rings. The van der Waals surface area contributed by atoms with E-state index in [4.69, 9.17) is 21.1 Å². The first-order chi connectivity index (χ1) is 14.4. The molecular weight excluding hydrogens is 406 g/mol. The molecule has 0 bridgehead atoms. The second-order valence-electron chi connectivity index (χ2n) is 7.12. The lowest BCUT2D eigenvalue weighted by atomic mass is 9.66. The number of halogens is 1. The summed E-state index contributed by atoms with van der Waals surface area (Å²) >= 11 is 6.43. The van der Waals surface area contributed by atoms with Gasteiger partial charge in [0.25, 0.3) is 0 Å². The monoisotopic (exact) mass is 429 g/mol. The van der Waals surface area contributed by atoms with Crippen LogP contribution in [-0.4, -0.2) is 31.1 Å². The maximum absolute atomic E-state index is 13.2. The first kappa shape index (κ1) is 21.8. The molecule has 0 saturated carbocycles. The molecule has 1 aliphatic carbocycles. The predicted octanol–water partition coefficient (Wildman–Crippen LogP) is 4.12. The molecule has 0 spiro atoms. The Kier molecular flexibility index (Phi) is 6.77. The minimum atomic E-state index is -1.64. The van der Waals surface area contributed by atoms with Gasteiger partial charge in [0.05, 0.1) is 19.1 Å². The third-order valence-corrected chi connectivity index (χ3v) is 5.61. The number of carbonyl (C=O) groups excluding carboxylic acids is 3. The van der Waals surface area contributed by atoms with Gasteiger partial charge >= 0.3 is 11.9 Å². The molecular formula is C23H24ClNO5. The van der Waals surface area contributed by atoms with E-state index in [0.717, 1.165) is 0 Å². The number of hydrogen-bond donors (Lipinski definition) is 1. The van der Waals surface area contributed by atoms with Gasteiger partial charge in [0.15, 0.2) is 5.41 Å². The molecule has 7 heteroatoms. The van der Waals surface area contributed by atoms with Crippen molar-refractivity contribution in [1.29, 1.82) is 0 Å². The summed E-state index contributed by atoms with van der Waals surface area (Å²) in [6, 6.07) is 14.2. The van der Waals surface area contributed by atoms with Crippen molar-refractivity contribution in [2.24, 2.45) is 5.41 Å². The van der Waals surface area contributed by atoms with Crippen LogP contribution in [0.5, 0.6) is 0 Å². The van der Waals surface area contributed by atoms with E-state index in [2.05, 4.69) is 5.32 Å². The van der Waals surface area contributed by atoms with Crippen molar-refractivity contribution < 1.29 is 23.9 Å². The Balaban J connectivity index is 2.07. The first-order valence-corrected chi connectivity index (χ1v) is 10.3. The zero-order valence-electron chi connectivity index (χ0n) is 16.9. The lowest BCUT2D eigenvalue weighted by Gasteiger charge is -2.38. The van der Waals surface area contributed by atoms with E-state index in [9.17, 15) is 14.4 Å². The van der Waals surface area contributed by atoms with Crippen LogP contribution in [0.15, 0.2) is 48.5 Å². The summed E-state index contributed by atoms with van der Waals surface area (Å²) in [7, 11) is 0. The van der Waals surface area contributed by atoms with Crippen LogP contribution < -0.4 is 5.32 Å². The molecule has 1 unspecified atom stereocenters. The van der Waals surface area contributed by atoms with Gasteiger partial charge in [-0.25, -0.2) is 0 Å². The second-order valence-corrected chi connectivity index (χ2v) is 7.53. The van der Waals surface area contributed by atoms with Crippen LogP contribution in [0.25, 0.3) is 0 Å². The predicted molar refractivity (Wildman–Crippen MR) is 113 cm³/mol. The summed E-state index contributed by atoms with van der Waals surface area (Å²) in [6.07, 6.45) is -0.0362. The summed E-state index contributed by atoms with van der Waals surface area (Å²) in [6.45, 7) is 3.55. The molecule has 0 radical (unpaired) electrons. The van der Waals surface area contributed by atoms with Gasteiger partial charge in [0.2, 0.25) is 5.91 Å². The zero-order valence-corrected chi connectivity index (χ0v) is 17.7. The SMILES string of the molecule is CCOC(=O)C1(C(=O)OCC)Cc2c(Cl)cccc2C(C(=O)Nc2ccccc2)C1. The largest absolute Gasteiger partial charge is 0.465 e. The smallest absolute Gasteiger partial charge is 0.323 e. The fraction of sp³-hybridized carbons (Fsp3) is 0.348. The number of carbonyl (C=O) groups is 3. The molecule has 158 valence electrons. The van der Waals surface area contributed by atoms with Gasteiger partial charge in [-0.05, 0) is 49.6 Å². The molecule has 2 aromatic carbocycles. The fourth-order valence-electron chi connectivity index (χ4n) is 3.84. The zero-order chi connectivity index (χ0) is 21.7. The van der Waals surface area contributed by atoms with Gasteiger partial charge in [-0.2, -0.15) is 0 Å². The average molecular weight is 430 g/mol. The molecule has 6 nitrogen and oxygen atoms in total. The maximum atomic E-state index is 13.2. The molecule has 1 atom stereocenters. The van der Waals surface area contributed by atoms with E-state index in [1.54, 1.807) is 44.2 Å². The van der Waals surface area contributed by atoms with E-state index in [1.165, 1.54) is 0 Å². The molecule has 0 heterocycles. The molecule has 0 aromatic heterocycles. The standard InChI is InChI=1S/C23H24ClNO5/c1-3-29-21(27)23(22(28)30-4-2)13-17-16(11-8-12-19(17)24)18(14-23)20(26)25-15-9-6-5-7-10-15/h5-12,18H,3-4,13-14H2,1-2H3,(H,25,26). The second kappa shape index (κ2) is 9.30. The highest BCUT2D eigenvalue weighted by atomic mass is 35.5. The third-order valence-electron chi connectivity index (χ3n) is 5.25. The minimum absolute atomic E-state index is 0.0226. The highest BCUT2D eigenvalue weighted by Crippen LogP contribution is 2.46. The number of esters is 2. The number of para-hydroxylation sites is 1. The Bertz CT molecular complexity index is 926. The van der Waals surface area contributed by atoms with Crippen LogP contribution in [0.1, 0.15) is 37.3 Å². The van der Waals surface area contributed by atoms with Crippen molar-refractivity contribution in [1.82, 2.24) is 0 Å². The maximum Gasteiger partial charge on any atom is 0.323 e. The molecule has 30 heavy (non-hydrogen) atoms. The van der Waals surface area contributed by atoms with E-state index >= 15 is 0 Å². The summed E-state index contributed by atoms with van der Waals surface area (Å²) in [5.74, 6) is -2.51. The van der Waals surface area contributed by atoms with Gasteiger partial charge in [-0.3, -0.25) is 14.4 Å². The van der Waals surface area contributed by atoms with Crippen LogP contribution in [-0.2, 0) is 30.3 Å². The number of amides is 1. The minimum Gasteiger partial charge on any atom is -0.465 e. The Morgan fingerprint density at radius 1 is 1.00 bits per heavy atom. The summed E-state index contributed by atoms with van der Waals surface area (Å²) in [4.78, 5) is 39.2. The van der Waals surface area contributed by atoms with Gasteiger partial charge in [0, 0.05) is 17.1 Å². The van der Waals surface area contributed by atoms with Gasteiger partial charge in [-0.15, -0.1) is 0 Å².